The molecular formula is C16H22O3. The van der Waals surface area contributed by atoms with Gasteiger partial charge in [0.1, 0.15) is 0 Å². The van der Waals surface area contributed by atoms with Crippen LogP contribution in [-0.2, 0) is 14.3 Å². The van der Waals surface area contributed by atoms with E-state index in [0.717, 1.165) is 17.6 Å². The molecule has 3 rings (SSSR count). The van der Waals surface area contributed by atoms with Gasteiger partial charge in [0, 0.05) is 5.92 Å². The number of carbonyl (C=O) groups is 2. The van der Waals surface area contributed by atoms with Crippen LogP contribution in [0.5, 0.6) is 0 Å². The quantitative estimate of drug-likeness (QED) is 0.446. The molecule has 0 unspecified atom stereocenters. The molecule has 2 bridgehead atoms. The van der Waals surface area contributed by atoms with Crippen LogP contribution < -0.4 is 0 Å². The predicted molar refractivity (Wildman–Crippen MR) is 73.4 cm³/mol. The molecule has 0 aromatic heterocycles. The minimum Gasteiger partial charge on any atom is -0.468 e. The van der Waals surface area contributed by atoms with Crippen LogP contribution in [0, 0.1) is 22.7 Å². The Morgan fingerprint density at radius 1 is 1.42 bits per heavy atom. The molecule has 0 saturated heterocycles. The van der Waals surface area contributed by atoms with Crippen LogP contribution in [-0.4, -0.2) is 18.9 Å². The first kappa shape index (κ1) is 14.0. The maximum atomic E-state index is 12.8. The Labute approximate surface area is 114 Å². The van der Waals surface area contributed by atoms with Gasteiger partial charge in [-0.2, -0.15) is 0 Å². The van der Waals surface area contributed by atoms with Crippen molar-refractivity contribution in [2.75, 3.05) is 7.11 Å². The number of ether oxygens (including phenoxy) is 1. The molecule has 0 aliphatic heterocycles. The molecule has 3 atom stereocenters. The van der Waals surface area contributed by atoms with Crippen LogP contribution in [0.3, 0.4) is 0 Å². The Hall–Kier alpha value is -1.38. The maximum absolute atomic E-state index is 12.8. The predicted octanol–water partition coefficient (Wildman–Crippen LogP) is 2.91. The van der Waals surface area contributed by atoms with Gasteiger partial charge in [-0.3, -0.25) is 9.59 Å². The fraction of sp³-hybridized carbons (Fsp3) is 0.625. The van der Waals surface area contributed by atoms with Crippen LogP contribution in [0.4, 0.5) is 0 Å². The zero-order valence-corrected chi connectivity index (χ0v) is 12.2. The van der Waals surface area contributed by atoms with E-state index in [1.54, 1.807) is 0 Å². The molecule has 0 radical (unpaired) electrons. The third-order valence-electron chi connectivity index (χ3n) is 5.07. The van der Waals surface area contributed by atoms with Crippen LogP contribution in [0.15, 0.2) is 24.3 Å². The number of carbonyl (C=O) groups excluding carboxylic acids is 2. The molecule has 0 amide bonds. The summed E-state index contributed by atoms with van der Waals surface area (Å²) in [6.07, 6.45) is 1.14. The summed E-state index contributed by atoms with van der Waals surface area (Å²) in [5.41, 5.74) is 0.253. The maximum Gasteiger partial charge on any atom is 0.323 e. The molecule has 0 spiro atoms. The van der Waals surface area contributed by atoms with Gasteiger partial charge in [-0.15, -0.1) is 6.58 Å². The lowest BCUT2D eigenvalue weighted by molar-refractivity contribution is -0.171. The van der Waals surface area contributed by atoms with Crippen molar-refractivity contribution in [1.29, 1.82) is 0 Å². The van der Waals surface area contributed by atoms with E-state index in [4.69, 9.17) is 4.74 Å². The van der Waals surface area contributed by atoms with Gasteiger partial charge in [0.15, 0.2) is 11.2 Å². The summed E-state index contributed by atoms with van der Waals surface area (Å²) in [7, 11) is 1.33. The van der Waals surface area contributed by atoms with Gasteiger partial charge < -0.3 is 4.74 Å². The standard InChI is InChI=1S/C16H22O3/c1-9(2)8-16(14(18)19-6)10(3)11-7-12(13(16)17)15(11,4)5/h11-12H,1,3,7-8H2,2,4-6H3/t11-,12+,16-/m0/s1. The third kappa shape index (κ3) is 1.57. The Kier molecular flexibility index (Phi) is 3.00. The van der Waals surface area contributed by atoms with Gasteiger partial charge in [0.05, 0.1) is 7.11 Å². The largest absolute Gasteiger partial charge is 0.468 e. The highest BCUT2D eigenvalue weighted by Gasteiger charge is 2.68. The lowest BCUT2D eigenvalue weighted by Crippen LogP contribution is -2.64. The average molecular weight is 262 g/mol. The molecular weight excluding hydrogens is 240 g/mol. The first-order valence-electron chi connectivity index (χ1n) is 6.66. The minimum absolute atomic E-state index is 0.0279. The third-order valence-corrected chi connectivity index (χ3v) is 5.07. The van der Waals surface area contributed by atoms with Crippen LogP contribution >= 0.6 is 0 Å². The molecule has 0 N–H and O–H groups in total. The van der Waals surface area contributed by atoms with E-state index in [0.29, 0.717) is 6.42 Å². The number of rotatable bonds is 3. The molecule has 3 nitrogen and oxygen atoms in total. The van der Waals surface area contributed by atoms with E-state index in [1.807, 2.05) is 6.92 Å². The highest BCUT2D eigenvalue weighted by atomic mass is 16.5. The summed E-state index contributed by atoms with van der Waals surface area (Å²) < 4.78 is 4.91. The zero-order chi connectivity index (χ0) is 14.6. The molecule has 3 saturated carbocycles. The van der Waals surface area contributed by atoms with Gasteiger partial charge in [0.2, 0.25) is 0 Å². The number of Topliss-reactive ketones (excluding diaryl/α,β-unsaturated/α-hetero) is 1. The van der Waals surface area contributed by atoms with Crippen LogP contribution in [0.2, 0.25) is 0 Å². The average Bonchev–Trinajstić information content (AvgIpc) is 2.31. The number of hydrogen-bond donors (Lipinski definition) is 0. The normalized spacial score (nSPS) is 35.6. The van der Waals surface area contributed by atoms with E-state index in [9.17, 15) is 9.59 Å². The van der Waals surface area contributed by atoms with Crippen molar-refractivity contribution in [2.24, 2.45) is 22.7 Å². The molecule has 0 aromatic carbocycles. The molecule has 3 aliphatic rings. The summed E-state index contributed by atoms with van der Waals surface area (Å²) in [4.78, 5) is 25.1. The molecule has 19 heavy (non-hydrogen) atoms. The smallest absolute Gasteiger partial charge is 0.323 e. The Morgan fingerprint density at radius 3 is 2.37 bits per heavy atom. The molecule has 0 aromatic rings. The number of ketones is 1. The van der Waals surface area contributed by atoms with Gasteiger partial charge in [-0.25, -0.2) is 0 Å². The fourth-order valence-corrected chi connectivity index (χ4v) is 3.85. The fourth-order valence-electron chi connectivity index (χ4n) is 3.85. The van der Waals surface area contributed by atoms with Crippen LogP contribution in [0.1, 0.15) is 33.6 Å². The van der Waals surface area contributed by atoms with Crippen molar-refractivity contribution < 1.29 is 14.3 Å². The van der Waals surface area contributed by atoms with Crippen molar-refractivity contribution >= 4 is 11.8 Å². The van der Waals surface area contributed by atoms with Crippen molar-refractivity contribution in [2.45, 2.75) is 33.6 Å². The molecule has 104 valence electrons. The summed E-state index contributed by atoms with van der Waals surface area (Å²) in [5.74, 6) is -0.356. The number of esters is 1. The van der Waals surface area contributed by atoms with Crippen molar-refractivity contribution in [3.8, 4) is 0 Å². The molecule has 3 aliphatic carbocycles. The topological polar surface area (TPSA) is 43.4 Å². The second-order valence-electron chi connectivity index (χ2n) is 6.58. The number of fused-ring (bicyclic) bond motifs is 2. The van der Waals surface area contributed by atoms with Crippen molar-refractivity contribution in [1.82, 2.24) is 0 Å². The second-order valence-corrected chi connectivity index (χ2v) is 6.58. The van der Waals surface area contributed by atoms with Crippen LogP contribution in [0.25, 0.3) is 0 Å². The molecule has 3 fully saturated rings. The SMILES string of the molecule is C=C(C)C[C@]1(C(=O)OC)C(=C)[C@@H]2C[C@H](C1=O)C2(C)C. The number of methoxy groups -OCH3 is 1. The minimum atomic E-state index is -1.19. The molecule has 3 heteroatoms. The van der Waals surface area contributed by atoms with E-state index < -0.39 is 11.4 Å². The van der Waals surface area contributed by atoms with E-state index in [2.05, 4.69) is 27.0 Å². The Bertz CT molecular complexity index is 460. The van der Waals surface area contributed by atoms with Gasteiger partial charge in [-0.1, -0.05) is 26.0 Å². The van der Waals surface area contributed by atoms with E-state index in [1.165, 1.54) is 7.11 Å². The summed E-state index contributed by atoms with van der Waals surface area (Å²) >= 11 is 0. The second kappa shape index (κ2) is 4.06. The van der Waals surface area contributed by atoms with Gasteiger partial charge in [-0.05, 0) is 36.7 Å². The van der Waals surface area contributed by atoms with E-state index in [-0.39, 0.29) is 23.0 Å². The number of hydrogen-bond acceptors (Lipinski definition) is 3. The monoisotopic (exact) mass is 262 g/mol. The first-order valence-corrected chi connectivity index (χ1v) is 6.66. The summed E-state index contributed by atoms with van der Waals surface area (Å²) in [5, 5.41) is 0. The lowest BCUT2D eigenvalue weighted by atomic mass is 9.40. The molecule has 0 heterocycles. The Balaban J connectivity index is 2.51. The van der Waals surface area contributed by atoms with Gasteiger partial charge in [0.25, 0.3) is 0 Å². The summed E-state index contributed by atoms with van der Waals surface area (Å²) in [6.45, 7) is 13.9. The van der Waals surface area contributed by atoms with Crippen molar-refractivity contribution in [3.05, 3.63) is 24.3 Å². The highest BCUT2D eigenvalue weighted by molar-refractivity contribution is 6.10. The first-order chi connectivity index (χ1) is 8.69. The van der Waals surface area contributed by atoms with E-state index >= 15 is 0 Å². The zero-order valence-electron chi connectivity index (χ0n) is 12.2. The summed E-state index contributed by atoms with van der Waals surface area (Å²) in [6, 6.07) is 0. The van der Waals surface area contributed by atoms with Gasteiger partial charge >= 0.3 is 5.97 Å². The number of allylic oxidation sites excluding steroid dienone is 1. The highest BCUT2D eigenvalue weighted by Crippen LogP contribution is 2.65. The van der Waals surface area contributed by atoms with Crippen molar-refractivity contribution in [3.63, 3.8) is 0 Å². The lowest BCUT2D eigenvalue weighted by Gasteiger charge is -2.61. The Morgan fingerprint density at radius 2 is 2.00 bits per heavy atom.